The van der Waals surface area contributed by atoms with Gasteiger partial charge in [0.05, 0.1) is 17.0 Å². The zero-order valence-corrected chi connectivity index (χ0v) is 12.8. The third kappa shape index (κ3) is 3.55. The number of nitrogens with zero attached hydrogens (tertiary/aromatic N) is 1. The van der Waals surface area contributed by atoms with Crippen molar-refractivity contribution in [3.8, 4) is 9.88 Å². The van der Waals surface area contributed by atoms with Crippen LogP contribution in [0.25, 0.3) is 9.88 Å². The van der Waals surface area contributed by atoms with E-state index in [1.165, 1.54) is 11.3 Å². The van der Waals surface area contributed by atoms with Gasteiger partial charge in [-0.3, -0.25) is 4.79 Å². The van der Waals surface area contributed by atoms with E-state index in [0.717, 1.165) is 28.1 Å². The number of nitrogens with one attached hydrogen (secondary N) is 1. The van der Waals surface area contributed by atoms with E-state index in [2.05, 4.69) is 10.3 Å². The van der Waals surface area contributed by atoms with Gasteiger partial charge in [0.25, 0.3) is 0 Å². The fourth-order valence-electron chi connectivity index (χ4n) is 1.90. The molecule has 0 aliphatic heterocycles. The van der Waals surface area contributed by atoms with E-state index in [4.69, 9.17) is 0 Å². The summed E-state index contributed by atoms with van der Waals surface area (Å²) in [4.78, 5) is 17.3. The second kappa shape index (κ2) is 6.33. The maximum absolute atomic E-state index is 13.1. The first-order valence-electron chi connectivity index (χ1n) is 6.34. The molecule has 0 unspecified atom stereocenters. The summed E-state index contributed by atoms with van der Waals surface area (Å²) >= 11 is 3.04. The lowest BCUT2D eigenvalue weighted by Crippen LogP contribution is -2.14. The van der Waals surface area contributed by atoms with Crippen LogP contribution in [0.3, 0.4) is 0 Å². The zero-order valence-electron chi connectivity index (χ0n) is 11.2. The van der Waals surface area contributed by atoms with Gasteiger partial charge < -0.3 is 5.32 Å². The van der Waals surface area contributed by atoms with E-state index >= 15 is 0 Å². The number of hydrogen-bond acceptors (Lipinski definition) is 4. The SMILES string of the molecule is O=C(Cc1csc(-c2cccs2)n1)Nc1cc(F)cc(F)c1. The summed E-state index contributed by atoms with van der Waals surface area (Å²) in [5.74, 6) is -1.83. The van der Waals surface area contributed by atoms with E-state index in [1.54, 1.807) is 16.7 Å². The molecule has 0 atom stereocenters. The highest BCUT2D eigenvalue weighted by atomic mass is 32.1. The summed E-state index contributed by atoms with van der Waals surface area (Å²) in [6.45, 7) is 0. The summed E-state index contributed by atoms with van der Waals surface area (Å²) in [6.07, 6.45) is 0.0556. The molecule has 1 aromatic carbocycles. The fraction of sp³-hybridized carbons (Fsp3) is 0.0667. The van der Waals surface area contributed by atoms with Crippen LogP contribution in [0.4, 0.5) is 14.5 Å². The molecule has 3 rings (SSSR count). The van der Waals surface area contributed by atoms with Crippen molar-refractivity contribution in [1.82, 2.24) is 4.98 Å². The number of thiazole rings is 1. The smallest absolute Gasteiger partial charge is 0.230 e. The van der Waals surface area contributed by atoms with Crippen molar-refractivity contribution in [2.45, 2.75) is 6.42 Å². The first kappa shape index (κ1) is 14.8. The van der Waals surface area contributed by atoms with Crippen LogP contribution in [0.1, 0.15) is 5.69 Å². The van der Waals surface area contributed by atoms with E-state index < -0.39 is 11.6 Å². The van der Waals surface area contributed by atoms with E-state index in [0.29, 0.717) is 5.69 Å². The van der Waals surface area contributed by atoms with Crippen LogP contribution in [-0.2, 0) is 11.2 Å². The van der Waals surface area contributed by atoms with Crippen LogP contribution in [0.2, 0.25) is 0 Å². The Morgan fingerprint density at radius 1 is 1.18 bits per heavy atom. The second-order valence-corrected chi connectivity index (χ2v) is 6.31. The molecule has 2 aromatic heterocycles. The standard InChI is InChI=1S/C15H10F2N2OS2/c16-9-4-10(17)6-11(5-9)18-14(20)7-12-8-22-15(19-12)13-2-1-3-21-13/h1-6,8H,7H2,(H,18,20). The van der Waals surface area contributed by atoms with E-state index in [9.17, 15) is 13.6 Å². The monoisotopic (exact) mass is 336 g/mol. The molecule has 7 heteroatoms. The minimum atomic E-state index is -0.732. The van der Waals surface area contributed by atoms with Gasteiger partial charge in [0.1, 0.15) is 16.6 Å². The quantitative estimate of drug-likeness (QED) is 0.770. The largest absolute Gasteiger partial charge is 0.326 e. The summed E-state index contributed by atoms with van der Waals surface area (Å²) in [5, 5.41) is 7.09. The molecule has 1 amide bonds. The number of rotatable bonds is 4. The number of carbonyl (C=O) groups excluding carboxylic acids is 1. The normalized spacial score (nSPS) is 10.6. The van der Waals surface area contributed by atoms with Gasteiger partial charge in [0.15, 0.2) is 0 Å². The highest BCUT2D eigenvalue weighted by Gasteiger charge is 2.11. The molecule has 0 aliphatic carbocycles. The molecule has 0 fully saturated rings. The van der Waals surface area contributed by atoms with Crippen molar-refractivity contribution in [2.24, 2.45) is 0 Å². The van der Waals surface area contributed by atoms with Crippen molar-refractivity contribution < 1.29 is 13.6 Å². The van der Waals surface area contributed by atoms with Crippen molar-refractivity contribution >= 4 is 34.3 Å². The number of thiophene rings is 1. The molecule has 0 bridgehead atoms. The predicted octanol–water partition coefficient (Wildman–Crippen LogP) is 4.33. The van der Waals surface area contributed by atoms with Crippen molar-refractivity contribution in [3.63, 3.8) is 0 Å². The summed E-state index contributed by atoms with van der Waals surface area (Å²) in [6, 6.07) is 6.79. The molecule has 22 heavy (non-hydrogen) atoms. The van der Waals surface area contributed by atoms with Gasteiger partial charge in [0, 0.05) is 17.1 Å². The average Bonchev–Trinajstić information content (AvgIpc) is 3.07. The third-order valence-electron chi connectivity index (χ3n) is 2.77. The Bertz CT molecular complexity index is 779. The lowest BCUT2D eigenvalue weighted by Gasteiger charge is -2.04. The number of carbonyl (C=O) groups is 1. The topological polar surface area (TPSA) is 42.0 Å². The van der Waals surface area contributed by atoms with Gasteiger partial charge in [-0.25, -0.2) is 13.8 Å². The Kier molecular flexibility index (Phi) is 4.26. The molecule has 1 N–H and O–H groups in total. The molecular formula is C15H10F2N2OS2. The van der Waals surface area contributed by atoms with Crippen LogP contribution in [0.5, 0.6) is 0 Å². The van der Waals surface area contributed by atoms with Crippen LogP contribution >= 0.6 is 22.7 Å². The Labute approximate surface area is 133 Å². The Morgan fingerprint density at radius 2 is 1.95 bits per heavy atom. The Balaban J connectivity index is 1.67. The lowest BCUT2D eigenvalue weighted by atomic mass is 10.2. The Morgan fingerprint density at radius 3 is 2.64 bits per heavy atom. The van der Waals surface area contributed by atoms with Crippen LogP contribution in [0, 0.1) is 11.6 Å². The molecule has 0 saturated carbocycles. The molecular weight excluding hydrogens is 326 g/mol. The van der Waals surface area contributed by atoms with E-state index in [1.807, 2.05) is 17.5 Å². The summed E-state index contributed by atoms with van der Waals surface area (Å²) in [5.41, 5.74) is 0.721. The van der Waals surface area contributed by atoms with Gasteiger partial charge in [-0.15, -0.1) is 22.7 Å². The van der Waals surface area contributed by atoms with E-state index in [-0.39, 0.29) is 18.0 Å². The third-order valence-corrected chi connectivity index (χ3v) is 4.70. The van der Waals surface area contributed by atoms with Gasteiger partial charge in [-0.1, -0.05) is 6.07 Å². The molecule has 3 nitrogen and oxygen atoms in total. The number of amides is 1. The lowest BCUT2D eigenvalue weighted by molar-refractivity contribution is -0.115. The summed E-state index contributed by atoms with van der Waals surface area (Å²) < 4.78 is 26.1. The average molecular weight is 336 g/mol. The Hall–Kier alpha value is -2.12. The second-order valence-electron chi connectivity index (χ2n) is 4.50. The zero-order chi connectivity index (χ0) is 15.5. The number of hydrogen-bond donors (Lipinski definition) is 1. The molecule has 3 aromatic rings. The minimum absolute atomic E-state index is 0.0556. The van der Waals surface area contributed by atoms with Gasteiger partial charge in [-0.05, 0) is 23.6 Å². The highest BCUT2D eigenvalue weighted by Crippen LogP contribution is 2.28. The molecule has 112 valence electrons. The van der Waals surface area contributed by atoms with Gasteiger partial charge in [-0.2, -0.15) is 0 Å². The van der Waals surface area contributed by atoms with Gasteiger partial charge >= 0.3 is 0 Å². The van der Waals surface area contributed by atoms with Crippen LogP contribution < -0.4 is 5.32 Å². The first-order chi connectivity index (χ1) is 10.6. The molecule has 0 spiro atoms. The van der Waals surface area contributed by atoms with Crippen LogP contribution in [-0.4, -0.2) is 10.9 Å². The predicted molar refractivity (Wildman–Crippen MR) is 84.1 cm³/mol. The molecule has 0 saturated heterocycles. The van der Waals surface area contributed by atoms with Crippen molar-refractivity contribution in [2.75, 3.05) is 5.32 Å². The van der Waals surface area contributed by atoms with Crippen molar-refractivity contribution in [3.05, 3.63) is 58.4 Å². The highest BCUT2D eigenvalue weighted by molar-refractivity contribution is 7.20. The molecule has 0 aliphatic rings. The fourth-order valence-corrected chi connectivity index (χ4v) is 3.53. The number of aromatic nitrogens is 1. The number of anilines is 1. The maximum Gasteiger partial charge on any atom is 0.230 e. The minimum Gasteiger partial charge on any atom is -0.326 e. The van der Waals surface area contributed by atoms with Crippen molar-refractivity contribution in [1.29, 1.82) is 0 Å². The number of benzene rings is 1. The maximum atomic E-state index is 13.1. The molecule has 2 heterocycles. The summed E-state index contributed by atoms with van der Waals surface area (Å²) in [7, 11) is 0. The molecule has 0 radical (unpaired) electrons. The first-order valence-corrected chi connectivity index (χ1v) is 8.10. The van der Waals surface area contributed by atoms with Gasteiger partial charge in [0.2, 0.25) is 5.91 Å². The van der Waals surface area contributed by atoms with Crippen LogP contribution in [0.15, 0.2) is 41.1 Å². The number of halogens is 2.